The van der Waals surface area contributed by atoms with Crippen LogP contribution in [0.25, 0.3) is 0 Å². The highest BCUT2D eigenvalue weighted by Gasteiger charge is 2.18. The predicted molar refractivity (Wildman–Crippen MR) is 106 cm³/mol. The second kappa shape index (κ2) is 11.1. The number of amides is 1. The molecule has 0 fully saturated rings. The fourth-order valence-corrected chi connectivity index (χ4v) is 2.99. The summed E-state index contributed by atoms with van der Waals surface area (Å²) in [5, 5.41) is 3.01. The molecule has 0 aliphatic rings. The second-order valence-corrected chi connectivity index (χ2v) is 6.83. The van der Waals surface area contributed by atoms with Crippen molar-refractivity contribution in [2.75, 3.05) is 10.2 Å². The van der Waals surface area contributed by atoms with E-state index in [2.05, 4.69) is 57.0 Å². The van der Waals surface area contributed by atoms with Gasteiger partial charge < -0.3 is 10.2 Å². The molecule has 2 unspecified atom stereocenters. The summed E-state index contributed by atoms with van der Waals surface area (Å²) >= 11 is 0. The van der Waals surface area contributed by atoms with Crippen LogP contribution in [0, 0.1) is 0 Å². The Kier molecular flexibility index (Phi) is 9.51. The van der Waals surface area contributed by atoms with E-state index in [1.54, 1.807) is 0 Å². The van der Waals surface area contributed by atoms with Crippen LogP contribution in [0.15, 0.2) is 24.3 Å². The average molecular weight is 333 g/mol. The Morgan fingerprint density at radius 1 is 0.958 bits per heavy atom. The molecule has 2 atom stereocenters. The van der Waals surface area contributed by atoms with E-state index in [4.69, 9.17) is 0 Å². The molecule has 1 aromatic rings. The minimum Gasteiger partial charge on any atom is -0.366 e. The molecule has 0 aliphatic heterocycles. The zero-order valence-electron chi connectivity index (χ0n) is 16.3. The number of anilines is 2. The molecule has 0 aromatic heterocycles. The van der Waals surface area contributed by atoms with Crippen molar-refractivity contribution in [1.82, 2.24) is 0 Å². The molecule has 0 aliphatic carbocycles. The van der Waals surface area contributed by atoms with E-state index in [1.807, 2.05) is 12.1 Å². The summed E-state index contributed by atoms with van der Waals surface area (Å²) in [6.45, 7) is 11.2. The number of carbonyl (C=O) groups excluding carboxylic acids is 1. The first-order valence-corrected chi connectivity index (χ1v) is 9.71. The first-order chi connectivity index (χ1) is 11.5. The van der Waals surface area contributed by atoms with Crippen molar-refractivity contribution in [3.8, 4) is 0 Å². The van der Waals surface area contributed by atoms with E-state index in [-0.39, 0.29) is 5.91 Å². The number of carbonyl (C=O) groups is 1. The third-order valence-corrected chi connectivity index (χ3v) is 4.84. The first-order valence-electron chi connectivity index (χ1n) is 9.71. The molecule has 136 valence electrons. The molecule has 0 radical (unpaired) electrons. The molecule has 0 heterocycles. The third kappa shape index (κ3) is 6.54. The molecule has 0 saturated heterocycles. The number of unbranched alkanes of at least 4 members (excludes halogenated alkanes) is 3. The van der Waals surface area contributed by atoms with Gasteiger partial charge in [-0.05, 0) is 57.4 Å². The summed E-state index contributed by atoms with van der Waals surface area (Å²) in [5.74, 6) is 0.125. The maximum Gasteiger partial charge on any atom is 0.224 e. The average Bonchev–Trinajstić information content (AvgIpc) is 2.60. The van der Waals surface area contributed by atoms with E-state index in [0.29, 0.717) is 18.5 Å². The molecule has 24 heavy (non-hydrogen) atoms. The number of nitrogens with one attached hydrogen (secondary N) is 1. The third-order valence-electron chi connectivity index (χ3n) is 4.84. The van der Waals surface area contributed by atoms with Crippen molar-refractivity contribution in [2.45, 2.75) is 91.6 Å². The van der Waals surface area contributed by atoms with Gasteiger partial charge in [-0.25, -0.2) is 0 Å². The first kappa shape index (κ1) is 20.5. The van der Waals surface area contributed by atoms with Gasteiger partial charge in [0.2, 0.25) is 5.91 Å². The molecular weight excluding hydrogens is 296 g/mol. The quantitative estimate of drug-likeness (QED) is 0.504. The van der Waals surface area contributed by atoms with Gasteiger partial charge >= 0.3 is 0 Å². The molecule has 0 spiro atoms. The van der Waals surface area contributed by atoms with Crippen molar-refractivity contribution in [3.05, 3.63) is 24.3 Å². The van der Waals surface area contributed by atoms with Gasteiger partial charge in [-0.15, -0.1) is 0 Å². The lowest BCUT2D eigenvalue weighted by Crippen LogP contribution is -2.39. The van der Waals surface area contributed by atoms with E-state index in [0.717, 1.165) is 31.4 Å². The lowest BCUT2D eigenvalue weighted by Gasteiger charge is -2.36. The van der Waals surface area contributed by atoms with Crippen molar-refractivity contribution in [3.63, 3.8) is 0 Å². The summed E-state index contributed by atoms with van der Waals surface area (Å²) in [6, 6.07) is 9.34. The van der Waals surface area contributed by atoms with E-state index < -0.39 is 0 Å². The van der Waals surface area contributed by atoms with Crippen LogP contribution in [-0.2, 0) is 4.79 Å². The van der Waals surface area contributed by atoms with Crippen LogP contribution in [-0.4, -0.2) is 18.0 Å². The molecule has 0 saturated carbocycles. The maximum absolute atomic E-state index is 12.0. The normalized spacial score (nSPS) is 13.4. The number of hydrogen-bond donors (Lipinski definition) is 1. The Hall–Kier alpha value is -1.51. The van der Waals surface area contributed by atoms with Crippen LogP contribution >= 0.6 is 0 Å². The van der Waals surface area contributed by atoms with Crippen LogP contribution < -0.4 is 10.2 Å². The number of nitrogens with zero attached hydrogens (tertiary/aromatic N) is 1. The van der Waals surface area contributed by atoms with Gasteiger partial charge in [0.25, 0.3) is 0 Å². The fourth-order valence-electron chi connectivity index (χ4n) is 2.99. The Morgan fingerprint density at radius 3 is 2.04 bits per heavy atom. The molecule has 1 amide bonds. The lowest BCUT2D eigenvalue weighted by molar-refractivity contribution is -0.116. The Labute approximate surface area is 148 Å². The minimum absolute atomic E-state index is 0.125. The molecule has 3 heteroatoms. The van der Waals surface area contributed by atoms with Gasteiger partial charge in [-0.1, -0.05) is 40.0 Å². The van der Waals surface area contributed by atoms with E-state index in [9.17, 15) is 4.79 Å². The van der Waals surface area contributed by atoms with Gasteiger partial charge in [-0.2, -0.15) is 0 Å². The lowest BCUT2D eigenvalue weighted by atomic mass is 10.1. The maximum atomic E-state index is 12.0. The number of hydrogen-bond acceptors (Lipinski definition) is 2. The smallest absolute Gasteiger partial charge is 0.224 e. The van der Waals surface area contributed by atoms with Gasteiger partial charge in [0.1, 0.15) is 0 Å². The molecule has 1 aromatic carbocycles. The zero-order chi connectivity index (χ0) is 17.9. The standard InChI is InChI=1S/C21H36N2O/c1-6-9-10-11-12-21(24)22-19-13-15-20(16-14-19)23(17(4)7-2)18(5)8-3/h13-18H,6-12H2,1-5H3,(H,22,24). The Balaban J connectivity index is 2.65. The summed E-state index contributed by atoms with van der Waals surface area (Å²) < 4.78 is 0. The van der Waals surface area contributed by atoms with Crippen molar-refractivity contribution in [1.29, 1.82) is 0 Å². The van der Waals surface area contributed by atoms with Crippen molar-refractivity contribution in [2.24, 2.45) is 0 Å². The largest absolute Gasteiger partial charge is 0.366 e. The molecule has 0 bridgehead atoms. The SMILES string of the molecule is CCCCCCC(=O)Nc1ccc(N(C(C)CC)C(C)CC)cc1. The monoisotopic (exact) mass is 332 g/mol. The topological polar surface area (TPSA) is 32.3 Å². The van der Waals surface area contributed by atoms with Crippen molar-refractivity contribution < 1.29 is 4.79 Å². The summed E-state index contributed by atoms with van der Waals surface area (Å²) in [5.41, 5.74) is 2.13. The Morgan fingerprint density at radius 2 is 1.54 bits per heavy atom. The van der Waals surface area contributed by atoms with Crippen LogP contribution in [0.4, 0.5) is 11.4 Å². The molecule has 1 N–H and O–H groups in total. The van der Waals surface area contributed by atoms with Crippen LogP contribution in [0.1, 0.15) is 79.6 Å². The van der Waals surface area contributed by atoms with Crippen LogP contribution in [0.3, 0.4) is 0 Å². The van der Waals surface area contributed by atoms with Crippen LogP contribution in [0.2, 0.25) is 0 Å². The number of benzene rings is 1. The highest BCUT2D eigenvalue weighted by atomic mass is 16.1. The van der Waals surface area contributed by atoms with E-state index in [1.165, 1.54) is 18.5 Å². The summed E-state index contributed by atoms with van der Waals surface area (Å²) in [6.07, 6.45) is 7.40. The van der Waals surface area contributed by atoms with Gasteiger partial charge in [0, 0.05) is 29.9 Å². The molecule has 1 rings (SSSR count). The highest BCUT2D eigenvalue weighted by Crippen LogP contribution is 2.25. The fraction of sp³-hybridized carbons (Fsp3) is 0.667. The Bertz CT molecular complexity index is 459. The van der Waals surface area contributed by atoms with Crippen molar-refractivity contribution >= 4 is 17.3 Å². The minimum atomic E-state index is 0.125. The number of rotatable bonds is 11. The van der Waals surface area contributed by atoms with Gasteiger partial charge in [-0.3, -0.25) is 4.79 Å². The van der Waals surface area contributed by atoms with Gasteiger partial charge in [0.15, 0.2) is 0 Å². The molecule has 3 nitrogen and oxygen atoms in total. The zero-order valence-corrected chi connectivity index (χ0v) is 16.3. The predicted octanol–water partition coefficient (Wildman–Crippen LogP) is 6.00. The van der Waals surface area contributed by atoms with Gasteiger partial charge in [0.05, 0.1) is 0 Å². The summed E-state index contributed by atoms with van der Waals surface area (Å²) in [7, 11) is 0. The molecular formula is C21H36N2O. The van der Waals surface area contributed by atoms with Crippen LogP contribution in [0.5, 0.6) is 0 Å². The van der Waals surface area contributed by atoms with E-state index >= 15 is 0 Å². The highest BCUT2D eigenvalue weighted by molar-refractivity contribution is 5.90. The summed E-state index contributed by atoms with van der Waals surface area (Å²) in [4.78, 5) is 14.5. The second-order valence-electron chi connectivity index (χ2n) is 6.83.